The number of nitrogens with one attached hydrogen (secondary N) is 2. The Bertz CT molecular complexity index is 326. The van der Waals surface area contributed by atoms with Gasteiger partial charge in [0.15, 0.2) is 0 Å². The highest BCUT2D eigenvalue weighted by Crippen LogP contribution is 2.26. The number of amides is 1. The van der Waals surface area contributed by atoms with Gasteiger partial charge >= 0.3 is 0 Å². The van der Waals surface area contributed by atoms with Crippen LogP contribution in [-0.2, 0) is 0 Å². The van der Waals surface area contributed by atoms with Crippen LogP contribution in [0.1, 0.15) is 49.4 Å². The van der Waals surface area contributed by atoms with Crippen molar-refractivity contribution in [3.8, 4) is 0 Å². The van der Waals surface area contributed by atoms with Crippen molar-refractivity contribution < 1.29 is 4.79 Å². The van der Waals surface area contributed by atoms with Gasteiger partial charge in [0, 0.05) is 18.4 Å². The van der Waals surface area contributed by atoms with Gasteiger partial charge in [0.05, 0.1) is 5.56 Å². The lowest BCUT2D eigenvalue weighted by molar-refractivity contribution is 0.0919. The van der Waals surface area contributed by atoms with Crippen LogP contribution in [0.15, 0.2) is 18.5 Å². The summed E-state index contributed by atoms with van der Waals surface area (Å²) in [7, 11) is 0. The molecule has 1 aliphatic rings. The zero-order valence-corrected chi connectivity index (χ0v) is 9.83. The monoisotopic (exact) mass is 220 g/mol. The Morgan fingerprint density at radius 2 is 2.19 bits per heavy atom. The van der Waals surface area contributed by atoms with Crippen LogP contribution in [0.5, 0.6) is 0 Å². The van der Waals surface area contributed by atoms with E-state index in [1.807, 2.05) is 6.07 Å². The minimum absolute atomic E-state index is 0.0410. The van der Waals surface area contributed by atoms with E-state index >= 15 is 0 Å². The number of carbonyl (C=O) groups excluding carboxylic acids is 1. The van der Waals surface area contributed by atoms with Crippen molar-refractivity contribution in [2.75, 3.05) is 0 Å². The van der Waals surface area contributed by atoms with E-state index in [1.54, 1.807) is 12.4 Å². The van der Waals surface area contributed by atoms with Crippen molar-refractivity contribution in [1.82, 2.24) is 10.3 Å². The Balaban J connectivity index is 1.86. The Kier molecular flexibility index (Phi) is 3.65. The molecule has 0 unspecified atom stereocenters. The molecule has 1 saturated carbocycles. The normalized spacial score (nSPS) is 19.3. The molecular weight excluding hydrogens is 200 g/mol. The SMILES string of the molecule is C[C@@H](NC(=O)c1cc[nH]c1)C1CCCCC1. The molecule has 2 rings (SSSR count). The zero-order chi connectivity index (χ0) is 11.4. The molecule has 0 saturated heterocycles. The van der Waals surface area contributed by atoms with Crippen molar-refractivity contribution in [3.63, 3.8) is 0 Å². The average molecular weight is 220 g/mol. The van der Waals surface area contributed by atoms with Gasteiger partial charge in [-0.2, -0.15) is 0 Å². The van der Waals surface area contributed by atoms with Crippen LogP contribution in [0.2, 0.25) is 0 Å². The summed E-state index contributed by atoms with van der Waals surface area (Å²) in [6, 6.07) is 2.10. The molecular formula is C13H20N2O. The number of rotatable bonds is 3. The summed E-state index contributed by atoms with van der Waals surface area (Å²) in [4.78, 5) is 14.7. The van der Waals surface area contributed by atoms with Gasteiger partial charge in [-0.05, 0) is 31.7 Å². The topological polar surface area (TPSA) is 44.9 Å². The van der Waals surface area contributed by atoms with E-state index in [0.717, 1.165) is 5.56 Å². The molecule has 1 aromatic heterocycles. The van der Waals surface area contributed by atoms with E-state index in [0.29, 0.717) is 12.0 Å². The largest absolute Gasteiger partial charge is 0.367 e. The van der Waals surface area contributed by atoms with Crippen molar-refractivity contribution in [2.45, 2.75) is 45.1 Å². The molecule has 0 aliphatic heterocycles. The molecule has 1 aromatic rings. The highest BCUT2D eigenvalue weighted by atomic mass is 16.1. The van der Waals surface area contributed by atoms with Gasteiger partial charge in [-0.1, -0.05) is 19.3 Å². The molecule has 0 aromatic carbocycles. The first kappa shape index (κ1) is 11.2. The second kappa shape index (κ2) is 5.19. The minimum atomic E-state index is 0.0410. The van der Waals surface area contributed by atoms with Crippen LogP contribution < -0.4 is 5.32 Å². The van der Waals surface area contributed by atoms with E-state index in [1.165, 1.54) is 32.1 Å². The number of hydrogen-bond donors (Lipinski definition) is 2. The molecule has 3 nitrogen and oxygen atoms in total. The van der Waals surface area contributed by atoms with Crippen LogP contribution in [0.3, 0.4) is 0 Å². The Morgan fingerprint density at radius 3 is 2.81 bits per heavy atom. The third-order valence-corrected chi connectivity index (χ3v) is 3.58. The molecule has 1 fully saturated rings. The highest BCUT2D eigenvalue weighted by Gasteiger charge is 2.21. The van der Waals surface area contributed by atoms with E-state index in [2.05, 4.69) is 17.2 Å². The second-order valence-electron chi connectivity index (χ2n) is 4.76. The first-order valence-corrected chi connectivity index (χ1v) is 6.21. The first-order valence-electron chi connectivity index (χ1n) is 6.21. The molecule has 1 amide bonds. The smallest absolute Gasteiger partial charge is 0.253 e. The Labute approximate surface area is 96.6 Å². The van der Waals surface area contributed by atoms with Crippen molar-refractivity contribution in [3.05, 3.63) is 24.0 Å². The Morgan fingerprint density at radius 1 is 1.44 bits per heavy atom. The molecule has 2 N–H and O–H groups in total. The van der Waals surface area contributed by atoms with Crippen molar-refractivity contribution in [1.29, 1.82) is 0 Å². The average Bonchev–Trinajstić information content (AvgIpc) is 2.83. The molecule has 3 heteroatoms. The van der Waals surface area contributed by atoms with Gasteiger partial charge in [0.1, 0.15) is 0 Å². The maximum Gasteiger partial charge on any atom is 0.253 e. The molecule has 1 aliphatic carbocycles. The van der Waals surface area contributed by atoms with Crippen LogP contribution in [0.25, 0.3) is 0 Å². The predicted molar refractivity (Wildman–Crippen MR) is 64.3 cm³/mol. The summed E-state index contributed by atoms with van der Waals surface area (Å²) in [5.41, 5.74) is 0.725. The van der Waals surface area contributed by atoms with E-state index in [9.17, 15) is 4.79 Å². The summed E-state index contributed by atoms with van der Waals surface area (Å²) in [5, 5.41) is 3.09. The van der Waals surface area contributed by atoms with Crippen molar-refractivity contribution in [2.24, 2.45) is 5.92 Å². The lowest BCUT2D eigenvalue weighted by Crippen LogP contribution is -2.38. The molecule has 1 atom stereocenters. The lowest BCUT2D eigenvalue weighted by Gasteiger charge is -2.28. The Hall–Kier alpha value is -1.25. The standard InChI is InChI=1S/C13H20N2O/c1-10(11-5-3-2-4-6-11)15-13(16)12-7-8-14-9-12/h7-11,14H,2-6H2,1H3,(H,15,16)/t10-/m1/s1. The summed E-state index contributed by atoms with van der Waals surface area (Å²) < 4.78 is 0. The highest BCUT2D eigenvalue weighted by molar-refractivity contribution is 5.94. The maximum atomic E-state index is 11.8. The number of hydrogen-bond acceptors (Lipinski definition) is 1. The molecule has 0 radical (unpaired) electrons. The number of carbonyl (C=O) groups is 1. The van der Waals surface area contributed by atoms with Gasteiger partial charge in [0.25, 0.3) is 5.91 Å². The van der Waals surface area contributed by atoms with Gasteiger partial charge in [-0.3, -0.25) is 4.79 Å². The van der Waals surface area contributed by atoms with Crippen LogP contribution in [-0.4, -0.2) is 16.9 Å². The fraction of sp³-hybridized carbons (Fsp3) is 0.615. The van der Waals surface area contributed by atoms with Crippen LogP contribution in [0.4, 0.5) is 0 Å². The third-order valence-electron chi connectivity index (χ3n) is 3.58. The van der Waals surface area contributed by atoms with Gasteiger partial charge < -0.3 is 10.3 Å². The predicted octanol–water partition coefficient (Wildman–Crippen LogP) is 2.71. The molecule has 0 spiro atoms. The molecule has 16 heavy (non-hydrogen) atoms. The summed E-state index contributed by atoms with van der Waals surface area (Å²) >= 11 is 0. The van der Waals surface area contributed by atoms with E-state index in [4.69, 9.17) is 0 Å². The molecule has 88 valence electrons. The number of aromatic amines is 1. The zero-order valence-electron chi connectivity index (χ0n) is 9.83. The number of H-pyrrole nitrogens is 1. The van der Waals surface area contributed by atoms with Gasteiger partial charge in [-0.25, -0.2) is 0 Å². The fourth-order valence-electron chi connectivity index (χ4n) is 2.51. The van der Waals surface area contributed by atoms with Gasteiger partial charge in [-0.15, -0.1) is 0 Å². The van der Waals surface area contributed by atoms with E-state index in [-0.39, 0.29) is 5.91 Å². The van der Waals surface area contributed by atoms with Gasteiger partial charge in [0.2, 0.25) is 0 Å². The number of aromatic nitrogens is 1. The lowest BCUT2D eigenvalue weighted by atomic mass is 9.84. The first-order chi connectivity index (χ1) is 7.77. The quantitative estimate of drug-likeness (QED) is 0.808. The summed E-state index contributed by atoms with van der Waals surface area (Å²) in [6.07, 6.45) is 10.0. The summed E-state index contributed by atoms with van der Waals surface area (Å²) in [5.74, 6) is 0.705. The minimum Gasteiger partial charge on any atom is -0.367 e. The molecule has 0 bridgehead atoms. The van der Waals surface area contributed by atoms with E-state index < -0.39 is 0 Å². The van der Waals surface area contributed by atoms with Crippen molar-refractivity contribution >= 4 is 5.91 Å². The fourth-order valence-corrected chi connectivity index (χ4v) is 2.51. The third kappa shape index (κ3) is 2.65. The molecule has 1 heterocycles. The van der Waals surface area contributed by atoms with Crippen LogP contribution >= 0.6 is 0 Å². The second-order valence-corrected chi connectivity index (χ2v) is 4.76. The summed E-state index contributed by atoms with van der Waals surface area (Å²) in [6.45, 7) is 2.13. The van der Waals surface area contributed by atoms with Crippen LogP contribution in [0, 0.1) is 5.92 Å². The maximum absolute atomic E-state index is 11.8.